The Balaban J connectivity index is 2.46. The first-order chi connectivity index (χ1) is 6.38. The van der Waals surface area contributed by atoms with Crippen LogP contribution in [0.3, 0.4) is 0 Å². The zero-order valence-corrected chi connectivity index (χ0v) is 7.79. The number of aromatic nitrogens is 2. The van der Waals surface area contributed by atoms with Gasteiger partial charge in [0.1, 0.15) is 18.5 Å². The molecule has 0 unspecified atom stereocenters. The van der Waals surface area contributed by atoms with Crippen LogP contribution in [0.1, 0.15) is 12.2 Å². The lowest BCUT2D eigenvalue weighted by Crippen LogP contribution is -2.35. The molecule has 1 heterocycles. The summed E-state index contributed by atoms with van der Waals surface area (Å²) in [5, 5.41) is 8.52. The molecule has 0 saturated carbocycles. The van der Waals surface area contributed by atoms with Gasteiger partial charge in [-0.05, 0) is 6.42 Å². The molecule has 70 valence electrons. The summed E-state index contributed by atoms with van der Waals surface area (Å²) in [6, 6.07) is 2.11. The highest BCUT2D eigenvalue weighted by molar-refractivity contribution is 4.78. The van der Waals surface area contributed by atoms with Gasteiger partial charge in [0, 0.05) is 13.7 Å². The van der Waals surface area contributed by atoms with E-state index in [0.29, 0.717) is 6.54 Å². The number of aryl methyl sites for hydroxylation is 1. The van der Waals surface area contributed by atoms with Crippen molar-refractivity contribution in [1.29, 1.82) is 5.26 Å². The van der Waals surface area contributed by atoms with E-state index >= 15 is 0 Å². The van der Waals surface area contributed by atoms with Gasteiger partial charge < -0.3 is 4.74 Å². The quantitative estimate of drug-likeness (QED) is 0.527. The molecule has 0 aliphatic carbocycles. The summed E-state index contributed by atoms with van der Waals surface area (Å²) >= 11 is 0. The number of nitrogens with zero attached hydrogens (tertiary/aromatic N) is 2. The van der Waals surface area contributed by atoms with E-state index in [2.05, 4.69) is 11.1 Å². The zero-order valence-electron chi connectivity index (χ0n) is 7.79. The van der Waals surface area contributed by atoms with Crippen molar-refractivity contribution in [3.8, 4) is 6.07 Å². The average Bonchev–Trinajstić information content (AvgIpc) is 2.54. The van der Waals surface area contributed by atoms with Gasteiger partial charge in [0.2, 0.25) is 0 Å². The molecule has 0 bridgehead atoms. The van der Waals surface area contributed by atoms with Gasteiger partial charge in [-0.3, -0.25) is 0 Å². The lowest BCUT2D eigenvalue weighted by atomic mass is 10.3. The van der Waals surface area contributed by atoms with Crippen LogP contribution in [0.5, 0.6) is 0 Å². The molecule has 0 aliphatic heterocycles. The second kappa shape index (κ2) is 5.33. The Hall–Kier alpha value is -1.34. The molecule has 0 radical (unpaired) electrons. The number of rotatable bonds is 5. The molecule has 0 atom stereocenters. The summed E-state index contributed by atoms with van der Waals surface area (Å²) in [7, 11) is 1.69. The molecule has 1 N–H and O–H groups in total. The van der Waals surface area contributed by atoms with E-state index in [1.54, 1.807) is 7.11 Å². The molecular weight excluding hydrogens is 166 g/mol. The van der Waals surface area contributed by atoms with Gasteiger partial charge in [0.25, 0.3) is 5.82 Å². The molecular formula is C9H14N3O+. The molecule has 0 saturated heterocycles. The maximum absolute atomic E-state index is 8.52. The third-order valence-electron chi connectivity index (χ3n) is 1.85. The van der Waals surface area contributed by atoms with Crippen molar-refractivity contribution < 1.29 is 9.30 Å². The summed E-state index contributed by atoms with van der Waals surface area (Å²) in [6.45, 7) is 1.16. The fourth-order valence-electron chi connectivity index (χ4n) is 1.22. The Morgan fingerprint density at radius 2 is 2.54 bits per heavy atom. The summed E-state index contributed by atoms with van der Waals surface area (Å²) in [5.74, 6) is 1.08. The second-order valence-electron chi connectivity index (χ2n) is 2.79. The van der Waals surface area contributed by atoms with Crippen molar-refractivity contribution in [2.45, 2.75) is 19.4 Å². The first-order valence-electron chi connectivity index (χ1n) is 4.30. The van der Waals surface area contributed by atoms with Crippen LogP contribution in [-0.4, -0.2) is 18.7 Å². The van der Waals surface area contributed by atoms with Gasteiger partial charge in [-0.15, -0.1) is 0 Å². The molecule has 0 spiro atoms. The van der Waals surface area contributed by atoms with Crippen LogP contribution in [0.25, 0.3) is 0 Å². The fraction of sp³-hybridized carbons (Fsp3) is 0.556. The molecule has 1 aromatic rings. The summed E-state index contributed by atoms with van der Waals surface area (Å²) < 4.78 is 6.86. The van der Waals surface area contributed by atoms with Gasteiger partial charge in [-0.1, -0.05) is 0 Å². The van der Waals surface area contributed by atoms with Crippen LogP contribution in [0, 0.1) is 11.3 Å². The number of hydrogen-bond donors (Lipinski definition) is 1. The minimum absolute atomic E-state index is 0.409. The average molecular weight is 180 g/mol. The van der Waals surface area contributed by atoms with E-state index in [0.717, 1.165) is 25.3 Å². The Kier molecular flexibility index (Phi) is 4.00. The normalized spacial score (nSPS) is 9.85. The molecule has 13 heavy (non-hydrogen) atoms. The van der Waals surface area contributed by atoms with Crippen LogP contribution in [-0.2, 0) is 17.7 Å². The number of ether oxygens (including phenoxy) is 1. The Bertz CT molecular complexity index is 287. The number of methoxy groups -OCH3 is 1. The molecule has 0 aliphatic rings. The minimum atomic E-state index is 0.409. The standard InChI is InChI=1S/C9H13N3O/c1-13-8-2-3-9-11-5-7-12(9)6-4-10/h5,7H,2-3,6,8H2,1H3/p+1. The van der Waals surface area contributed by atoms with E-state index in [-0.39, 0.29) is 0 Å². The van der Waals surface area contributed by atoms with E-state index in [9.17, 15) is 0 Å². The van der Waals surface area contributed by atoms with Crippen LogP contribution in [0.2, 0.25) is 0 Å². The summed E-state index contributed by atoms with van der Waals surface area (Å²) in [4.78, 5) is 3.11. The van der Waals surface area contributed by atoms with E-state index in [1.165, 1.54) is 0 Å². The smallest absolute Gasteiger partial charge is 0.255 e. The lowest BCUT2D eigenvalue weighted by molar-refractivity contribution is -0.691. The minimum Gasteiger partial charge on any atom is -0.385 e. The van der Waals surface area contributed by atoms with E-state index < -0.39 is 0 Å². The van der Waals surface area contributed by atoms with Crippen LogP contribution in [0.15, 0.2) is 12.4 Å². The van der Waals surface area contributed by atoms with Crippen molar-refractivity contribution in [3.05, 3.63) is 18.2 Å². The predicted molar refractivity (Wildman–Crippen MR) is 46.8 cm³/mol. The van der Waals surface area contributed by atoms with Crippen molar-refractivity contribution in [3.63, 3.8) is 0 Å². The highest BCUT2D eigenvalue weighted by Crippen LogP contribution is 1.93. The first-order valence-corrected chi connectivity index (χ1v) is 4.30. The van der Waals surface area contributed by atoms with Crippen molar-refractivity contribution in [2.24, 2.45) is 0 Å². The summed E-state index contributed by atoms with van der Waals surface area (Å²) in [5.41, 5.74) is 0. The Labute approximate surface area is 77.8 Å². The molecule has 1 rings (SSSR count). The predicted octanol–water partition coefficient (Wildman–Crippen LogP) is 0.405. The van der Waals surface area contributed by atoms with Crippen LogP contribution < -0.4 is 4.57 Å². The number of hydrogen-bond acceptors (Lipinski definition) is 2. The van der Waals surface area contributed by atoms with E-state index in [1.807, 2.05) is 17.0 Å². The molecule has 4 nitrogen and oxygen atoms in total. The molecule has 0 aromatic carbocycles. The monoisotopic (exact) mass is 180 g/mol. The van der Waals surface area contributed by atoms with Crippen molar-refractivity contribution >= 4 is 0 Å². The van der Waals surface area contributed by atoms with Crippen LogP contribution >= 0.6 is 0 Å². The third-order valence-corrected chi connectivity index (χ3v) is 1.85. The molecule has 0 fully saturated rings. The molecule has 4 heteroatoms. The zero-order chi connectivity index (χ0) is 9.52. The number of aromatic amines is 1. The summed E-state index contributed by atoms with van der Waals surface area (Å²) in [6.07, 6.45) is 5.62. The maximum atomic E-state index is 8.52. The third kappa shape index (κ3) is 2.88. The van der Waals surface area contributed by atoms with Crippen LogP contribution in [0.4, 0.5) is 0 Å². The molecule has 1 aromatic heterocycles. The largest absolute Gasteiger partial charge is 0.385 e. The maximum Gasteiger partial charge on any atom is 0.255 e. The lowest BCUT2D eigenvalue weighted by Gasteiger charge is -1.96. The first kappa shape index (κ1) is 9.75. The number of nitriles is 1. The molecule has 0 amide bonds. The highest BCUT2D eigenvalue weighted by Gasteiger charge is 2.08. The van der Waals surface area contributed by atoms with Gasteiger partial charge in [0.15, 0.2) is 6.54 Å². The topological polar surface area (TPSA) is 52.7 Å². The van der Waals surface area contributed by atoms with Gasteiger partial charge in [0.05, 0.1) is 6.42 Å². The number of nitrogens with one attached hydrogen (secondary N) is 1. The van der Waals surface area contributed by atoms with Gasteiger partial charge in [-0.25, -0.2) is 9.55 Å². The second-order valence-corrected chi connectivity index (χ2v) is 2.79. The highest BCUT2D eigenvalue weighted by atomic mass is 16.5. The fourth-order valence-corrected chi connectivity index (χ4v) is 1.22. The van der Waals surface area contributed by atoms with Gasteiger partial charge >= 0.3 is 0 Å². The van der Waals surface area contributed by atoms with Crippen molar-refractivity contribution in [2.75, 3.05) is 13.7 Å². The Morgan fingerprint density at radius 3 is 3.23 bits per heavy atom. The SMILES string of the molecule is COCCCc1[nH]cc[n+]1CC#N. The van der Waals surface area contributed by atoms with E-state index in [4.69, 9.17) is 10.00 Å². The van der Waals surface area contributed by atoms with Gasteiger partial charge in [-0.2, -0.15) is 5.26 Å². The Morgan fingerprint density at radius 1 is 1.69 bits per heavy atom. The number of H-pyrrole nitrogens is 1. The number of imidazole rings is 1. The van der Waals surface area contributed by atoms with Crippen molar-refractivity contribution in [1.82, 2.24) is 4.98 Å².